The third-order valence-corrected chi connectivity index (χ3v) is 4.56. The molecule has 2 aromatic rings. The number of thiocarbonyl (C=S) groups is 1. The van der Waals surface area contributed by atoms with Crippen LogP contribution in [0.15, 0.2) is 47.5 Å². The molecule has 1 aromatic heterocycles. The van der Waals surface area contributed by atoms with Crippen LogP contribution in [0, 0.1) is 6.92 Å². The second kappa shape index (κ2) is 6.30. The molecule has 3 N–H and O–H groups in total. The van der Waals surface area contributed by atoms with E-state index < -0.39 is 10.0 Å². The van der Waals surface area contributed by atoms with E-state index in [1.807, 2.05) is 0 Å². The smallest absolute Gasteiger partial charge is 0.240 e. The number of hydrogen-bond donors (Lipinski definition) is 2. The van der Waals surface area contributed by atoms with E-state index in [4.69, 9.17) is 18.0 Å². The quantitative estimate of drug-likeness (QED) is 0.815. The van der Waals surface area contributed by atoms with Gasteiger partial charge in [-0.1, -0.05) is 24.4 Å². The number of nitrogens with two attached hydrogens (primary N) is 1. The summed E-state index contributed by atoms with van der Waals surface area (Å²) in [5.41, 5.74) is 7.62. The molecule has 0 saturated heterocycles. The molecular weight excluding hydrogens is 306 g/mol. The second-order valence-electron chi connectivity index (χ2n) is 4.49. The summed E-state index contributed by atoms with van der Waals surface area (Å²) in [6, 6.07) is 9.99. The van der Waals surface area contributed by atoms with E-state index in [-0.39, 0.29) is 16.4 Å². The third-order valence-electron chi connectivity index (χ3n) is 2.94. The number of pyridine rings is 1. The van der Waals surface area contributed by atoms with Gasteiger partial charge in [-0.3, -0.25) is 4.98 Å². The SMILES string of the molecule is Cc1cc(S(=O)(=O)NCc2ccccn2)ccc1C(N)=S. The minimum Gasteiger partial charge on any atom is -0.389 e. The first-order chi connectivity index (χ1) is 9.90. The molecule has 0 aliphatic rings. The lowest BCUT2D eigenvalue weighted by atomic mass is 10.1. The summed E-state index contributed by atoms with van der Waals surface area (Å²) in [6.45, 7) is 1.91. The Balaban J connectivity index is 2.20. The van der Waals surface area contributed by atoms with Crippen LogP contribution >= 0.6 is 12.2 Å². The summed E-state index contributed by atoms with van der Waals surface area (Å²) < 4.78 is 27.0. The minimum atomic E-state index is -3.60. The number of rotatable bonds is 5. The molecular formula is C14H15N3O2S2. The van der Waals surface area contributed by atoms with Gasteiger partial charge in [0.25, 0.3) is 0 Å². The minimum absolute atomic E-state index is 0.138. The number of aromatic nitrogens is 1. The van der Waals surface area contributed by atoms with Crippen LogP contribution in [0.2, 0.25) is 0 Å². The highest BCUT2D eigenvalue weighted by molar-refractivity contribution is 7.89. The normalized spacial score (nSPS) is 11.3. The molecule has 0 unspecified atom stereocenters. The fourth-order valence-electron chi connectivity index (χ4n) is 1.83. The van der Waals surface area contributed by atoms with Crippen LogP contribution in [-0.4, -0.2) is 18.4 Å². The number of benzene rings is 1. The Bertz CT molecular complexity index is 759. The van der Waals surface area contributed by atoms with Crippen LogP contribution in [0.25, 0.3) is 0 Å². The van der Waals surface area contributed by atoms with E-state index in [0.29, 0.717) is 11.3 Å². The molecule has 0 fully saturated rings. The molecule has 7 heteroatoms. The van der Waals surface area contributed by atoms with Crippen LogP contribution in [0.1, 0.15) is 16.8 Å². The van der Waals surface area contributed by atoms with E-state index >= 15 is 0 Å². The van der Waals surface area contributed by atoms with Crippen molar-refractivity contribution in [3.63, 3.8) is 0 Å². The highest BCUT2D eigenvalue weighted by Gasteiger charge is 2.15. The second-order valence-corrected chi connectivity index (χ2v) is 6.69. The predicted octanol–water partition coefficient (Wildman–Crippen LogP) is 1.50. The van der Waals surface area contributed by atoms with Gasteiger partial charge in [0.05, 0.1) is 17.1 Å². The molecule has 0 radical (unpaired) electrons. The summed E-state index contributed by atoms with van der Waals surface area (Å²) in [6.07, 6.45) is 1.62. The molecule has 0 atom stereocenters. The number of nitrogens with one attached hydrogen (secondary N) is 1. The van der Waals surface area contributed by atoms with Crippen molar-refractivity contribution in [3.8, 4) is 0 Å². The van der Waals surface area contributed by atoms with E-state index in [2.05, 4.69) is 9.71 Å². The molecule has 1 aromatic carbocycles. The number of sulfonamides is 1. The molecule has 0 amide bonds. The summed E-state index contributed by atoms with van der Waals surface area (Å²) in [5.74, 6) is 0. The van der Waals surface area contributed by atoms with E-state index in [1.165, 1.54) is 6.07 Å². The van der Waals surface area contributed by atoms with Crippen molar-refractivity contribution in [1.82, 2.24) is 9.71 Å². The van der Waals surface area contributed by atoms with Crippen molar-refractivity contribution >= 4 is 27.2 Å². The Morgan fingerprint density at radius 2 is 2.10 bits per heavy atom. The molecule has 0 saturated carbocycles. The van der Waals surface area contributed by atoms with Gasteiger partial charge in [-0.15, -0.1) is 0 Å². The molecule has 5 nitrogen and oxygen atoms in total. The molecule has 2 rings (SSSR count). The average molecular weight is 321 g/mol. The zero-order valence-electron chi connectivity index (χ0n) is 11.4. The van der Waals surface area contributed by atoms with Crippen molar-refractivity contribution in [2.75, 3.05) is 0 Å². The average Bonchev–Trinajstić information content (AvgIpc) is 2.46. The number of hydrogen-bond acceptors (Lipinski definition) is 4. The van der Waals surface area contributed by atoms with Crippen LogP contribution < -0.4 is 10.5 Å². The lowest BCUT2D eigenvalue weighted by Crippen LogP contribution is -2.24. The highest BCUT2D eigenvalue weighted by Crippen LogP contribution is 2.15. The summed E-state index contributed by atoms with van der Waals surface area (Å²) in [5, 5.41) is 0. The molecule has 21 heavy (non-hydrogen) atoms. The van der Waals surface area contributed by atoms with Crippen molar-refractivity contribution in [2.24, 2.45) is 5.73 Å². The maximum atomic E-state index is 12.2. The molecule has 1 heterocycles. The standard InChI is InChI=1S/C14H15N3O2S2/c1-10-8-12(5-6-13(10)14(15)20)21(18,19)17-9-11-4-2-3-7-16-11/h2-8,17H,9H2,1H3,(H2,15,20). The Labute approximate surface area is 129 Å². The first kappa shape index (κ1) is 15.6. The van der Waals surface area contributed by atoms with Crippen molar-refractivity contribution in [3.05, 3.63) is 59.4 Å². The molecule has 0 spiro atoms. The van der Waals surface area contributed by atoms with Crippen LogP contribution in [0.5, 0.6) is 0 Å². The molecule has 0 bridgehead atoms. The zero-order valence-corrected chi connectivity index (χ0v) is 13.0. The molecule has 110 valence electrons. The topological polar surface area (TPSA) is 85.1 Å². The van der Waals surface area contributed by atoms with Crippen LogP contribution in [-0.2, 0) is 16.6 Å². The third kappa shape index (κ3) is 3.84. The summed E-state index contributed by atoms with van der Waals surface area (Å²) >= 11 is 4.91. The Kier molecular flexibility index (Phi) is 4.66. The first-order valence-electron chi connectivity index (χ1n) is 6.20. The fourth-order valence-corrected chi connectivity index (χ4v) is 3.15. The van der Waals surface area contributed by atoms with Gasteiger partial charge in [-0.2, -0.15) is 0 Å². The molecule has 0 aliphatic carbocycles. The Morgan fingerprint density at radius 1 is 1.33 bits per heavy atom. The van der Waals surface area contributed by atoms with E-state index in [9.17, 15) is 8.42 Å². The zero-order chi connectivity index (χ0) is 15.5. The van der Waals surface area contributed by atoms with Gasteiger partial charge < -0.3 is 5.73 Å². The first-order valence-corrected chi connectivity index (χ1v) is 8.09. The van der Waals surface area contributed by atoms with Crippen molar-refractivity contribution < 1.29 is 8.42 Å². The van der Waals surface area contributed by atoms with Crippen LogP contribution in [0.3, 0.4) is 0 Å². The van der Waals surface area contributed by atoms with Crippen molar-refractivity contribution in [2.45, 2.75) is 18.4 Å². The fraction of sp³-hybridized carbons (Fsp3) is 0.143. The van der Waals surface area contributed by atoms with Gasteiger partial charge in [0.2, 0.25) is 10.0 Å². The maximum absolute atomic E-state index is 12.2. The Hall–Kier alpha value is -1.83. The lowest BCUT2D eigenvalue weighted by molar-refractivity contribution is 0.580. The van der Waals surface area contributed by atoms with Crippen molar-refractivity contribution in [1.29, 1.82) is 0 Å². The summed E-state index contributed by atoms with van der Waals surface area (Å²) in [4.78, 5) is 4.49. The van der Waals surface area contributed by atoms with Gasteiger partial charge in [0.1, 0.15) is 4.99 Å². The number of aryl methyl sites for hydroxylation is 1. The monoisotopic (exact) mass is 321 g/mol. The van der Waals surface area contributed by atoms with Gasteiger partial charge >= 0.3 is 0 Å². The maximum Gasteiger partial charge on any atom is 0.240 e. The van der Waals surface area contributed by atoms with Gasteiger partial charge in [0, 0.05) is 11.8 Å². The largest absolute Gasteiger partial charge is 0.389 e. The van der Waals surface area contributed by atoms with E-state index in [0.717, 1.165) is 5.56 Å². The Morgan fingerprint density at radius 3 is 2.67 bits per heavy atom. The van der Waals surface area contributed by atoms with E-state index in [1.54, 1.807) is 43.5 Å². The number of nitrogens with zero attached hydrogens (tertiary/aromatic N) is 1. The van der Waals surface area contributed by atoms with Gasteiger partial charge in [-0.05, 0) is 36.8 Å². The highest BCUT2D eigenvalue weighted by atomic mass is 32.2. The lowest BCUT2D eigenvalue weighted by Gasteiger charge is -2.09. The molecule has 0 aliphatic heterocycles. The summed E-state index contributed by atoms with van der Waals surface area (Å²) in [7, 11) is -3.60. The van der Waals surface area contributed by atoms with Gasteiger partial charge in [0.15, 0.2) is 0 Å². The predicted molar refractivity (Wildman–Crippen MR) is 85.3 cm³/mol. The van der Waals surface area contributed by atoms with Crippen LogP contribution in [0.4, 0.5) is 0 Å². The van der Waals surface area contributed by atoms with Gasteiger partial charge in [-0.25, -0.2) is 13.1 Å².